The summed E-state index contributed by atoms with van der Waals surface area (Å²) in [7, 11) is 0. The topological polar surface area (TPSA) is 80.9 Å². The highest BCUT2D eigenvalue weighted by Gasteiger charge is 2.10. The van der Waals surface area contributed by atoms with Crippen LogP contribution in [0.5, 0.6) is 0 Å². The van der Waals surface area contributed by atoms with Crippen LogP contribution in [0.1, 0.15) is 38.3 Å². The van der Waals surface area contributed by atoms with Crippen LogP contribution >= 0.6 is 0 Å². The first-order valence-electron chi connectivity index (χ1n) is 5.18. The molecule has 0 unspecified atom stereocenters. The fourth-order valence-electron chi connectivity index (χ4n) is 1.63. The molecule has 5 heteroatoms. The summed E-state index contributed by atoms with van der Waals surface area (Å²) in [5.41, 5.74) is 5.12. The predicted molar refractivity (Wildman–Crippen MR) is 58.8 cm³/mol. The third-order valence-corrected chi connectivity index (χ3v) is 2.60. The van der Waals surface area contributed by atoms with Crippen LogP contribution in [0.15, 0.2) is 15.8 Å². The van der Waals surface area contributed by atoms with Crippen LogP contribution in [-0.4, -0.2) is 9.55 Å². The van der Waals surface area contributed by atoms with Crippen LogP contribution < -0.4 is 17.0 Å². The van der Waals surface area contributed by atoms with E-state index in [0.717, 1.165) is 12.8 Å². The van der Waals surface area contributed by atoms with E-state index < -0.39 is 0 Å². The fraction of sp³-hybridized carbons (Fsp3) is 0.600. The molecule has 1 heterocycles. The van der Waals surface area contributed by atoms with Crippen molar-refractivity contribution in [1.82, 2.24) is 9.55 Å². The molecule has 0 aromatic carbocycles. The zero-order valence-corrected chi connectivity index (χ0v) is 9.12. The van der Waals surface area contributed by atoms with Gasteiger partial charge in [-0.25, -0.2) is 4.79 Å². The fourth-order valence-corrected chi connectivity index (χ4v) is 1.63. The second-order valence-corrected chi connectivity index (χ2v) is 3.50. The number of hydrogen-bond acceptors (Lipinski definition) is 3. The quantitative estimate of drug-likeness (QED) is 0.754. The third kappa shape index (κ3) is 2.36. The molecule has 0 bridgehead atoms. The number of hydrogen-bond donors (Lipinski definition) is 2. The maximum absolute atomic E-state index is 11.5. The molecule has 3 N–H and O–H groups in total. The summed E-state index contributed by atoms with van der Waals surface area (Å²) in [6, 6.07) is 0.125. The number of nitrogens with zero attached hydrogens (tertiary/aromatic N) is 1. The van der Waals surface area contributed by atoms with E-state index in [9.17, 15) is 9.59 Å². The molecule has 5 nitrogen and oxygen atoms in total. The van der Waals surface area contributed by atoms with Gasteiger partial charge in [0.2, 0.25) is 0 Å². The summed E-state index contributed by atoms with van der Waals surface area (Å²) in [6.45, 7) is 4.16. The molecular weight excluding hydrogens is 194 g/mol. The van der Waals surface area contributed by atoms with Crippen molar-refractivity contribution in [3.8, 4) is 0 Å². The first kappa shape index (κ1) is 11.7. The third-order valence-electron chi connectivity index (χ3n) is 2.60. The highest BCUT2D eigenvalue weighted by molar-refractivity contribution is 5.04. The Morgan fingerprint density at radius 3 is 2.47 bits per heavy atom. The molecule has 15 heavy (non-hydrogen) atoms. The number of rotatable bonds is 4. The van der Waals surface area contributed by atoms with Crippen molar-refractivity contribution in [1.29, 1.82) is 0 Å². The lowest BCUT2D eigenvalue weighted by Gasteiger charge is -2.16. The van der Waals surface area contributed by atoms with E-state index in [2.05, 4.69) is 4.98 Å². The normalized spacial score (nSPS) is 10.9. The molecule has 1 aromatic heterocycles. The number of aromatic amines is 1. The summed E-state index contributed by atoms with van der Waals surface area (Å²) >= 11 is 0. The molecule has 1 rings (SSSR count). The van der Waals surface area contributed by atoms with Crippen molar-refractivity contribution in [2.45, 2.75) is 39.3 Å². The Bertz CT molecular complexity index is 429. The summed E-state index contributed by atoms with van der Waals surface area (Å²) in [5, 5.41) is 0. The van der Waals surface area contributed by atoms with E-state index in [1.165, 1.54) is 0 Å². The van der Waals surface area contributed by atoms with Gasteiger partial charge in [-0.05, 0) is 12.8 Å². The van der Waals surface area contributed by atoms with E-state index in [1.54, 1.807) is 10.8 Å². The summed E-state index contributed by atoms with van der Waals surface area (Å²) in [5.74, 6) is 0. The molecule has 0 amide bonds. The number of aromatic nitrogens is 2. The molecule has 0 aliphatic carbocycles. The molecule has 0 radical (unpaired) electrons. The summed E-state index contributed by atoms with van der Waals surface area (Å²) in [4.78, 5) is 25.1. The Morgan fingerprint density at radius 1 is 1.40 bits per heavy atom. The van der Waals surface area contributed by atoms with E-state index in [4.69, 9.17) is 5.73 Å². The molecular formula is C10H17N3O2. The van der Waals surface area contributed by atoms with E-state index in [0.29, 0.717) is 5.56 Å². The second-order valence-electron chi connectivity index (χ2n) is 3.50. The van der Waals surface area contributed by atoms with Gasteiger partial charge in [-0.15, -0.1) is 0 Å². The van der Waals surface area contributed by atoms with Crippen molar-refractivity contribution < 1.29 is 0 Å². The van der Waals surface area contributed by atoms with Crippen LogP contribution in [0.25, 0.3) is 0 Å². The maximum Gasteiger partial charge on any atom is 0.328 e. The highest BCUT2D eigenvalue weighted by atomic mass is 16.2. The van der Waals surface area contributed by atoms with Gasteiger partial charge in [0.15, 0.2) is 0 Å². The Morgan fingerprint density at radius 2 is 2.00 bits per heavy atom. The molecule has 0 spiro atoms. The number of nitrogens with one attached hydrogen (secondary N) is 1. The van der Waals surface area contributed by atoms with Gasteiger partial charge < -0.3 is 5.73 Å². The van der Waals surface area contributed by atoms with Gasteiger partial charge in [0.1, 0.15) is 0 Å². The summed E-state index contributed by atoms with van der Waals surface area (Å²) < 4.78 is 1.56. The van der Waals surface area contributed by atoms with Crippen LogP contribution in [0, 0.1) is 0 Å². The molecule has 84 valence electrons. The number of nitrogens with two attached hydrogens (primary N) is 1. The zero-order valence-electron chi connectivity index (χ0n) is 9.12. The van der Waals surface area contributed by atoms with Crippen molar-refractivity contribution in [2.75, 3.05) is 0 Å². The van der Waals surface area contributed by atoms with E-state index in [-0.39, 0.29) is 23.8 Å². The molecule has 0 saturated carbocycles. The van der Waals surface area contributed by atoms with Crippen LogP contribution in [0.2, 0.25) is 0 Å². The highest BCUT2D eigenvalue weighted by Crippen LogP contribution is 2.11. The molecule has 0 aliphatic heterocycles. The van der Waals surface area contributed by atoms with Crippen LogP contribution in [-0.2, 0) is 6.54 Å². The lowest BCUT2D eigenvalue weighted by molar-refractivity contribution is 0.447. The smallest absolute Gasteiger partial charge is 0.326 e. The average Bonchev–Trinajstić information content (AvgIpc) is 2.22. The Balaban J connectivity index is 3.29. The largest absolute Gasteiger partial charge is 0.328 e. The van der Waals surface area contributed by atoms with Crippen LogP contribution in [0.4, 0.5) is 0 Å². The Kier molecular flexibility index (Phi) is 3.85. The molecule has 0 aliphatic rings. The van der Waals surface area contributed by atoms with Gasteiger partial charge in [0.25, 0.3) is 5.56 Å². The SMILES string of the molecule is CCC(CC)n1cc(CN)c(=O)[nH]c1=O. The Labute approximate surface area is 87.9 Å². The molecule has 0 atom stereocenters. The lowest BCUT2D eigenvalue weighted by Crippen LogP contribution is -2.34. The van der Waals surface area contributed by atoms with E-state index >= 15 is 0 Å². The van der Waals surface area contributed by atoms with Gasteiger partial charge >= 0.3 is 5.69 Å². The summed E-state index contributed by atoms with van der Waals surface area (Å²) in [6.07, 6.45) is 3.28. The van der Waals surface area contributed by atoms with E-state index in [1.807, 2.05) is 13.8 Å². The first-order chi connectivity index (χ1) is 7.13. The Hall–Kier alpha value is -1.36. The molecule has 1 aromatic rings. The van der Waals surface area contributed by atoms with Crippen molar-refractivity contribution in [3.05, 3.63) is 32.6 Å². The standard InChI is InChI=1S/C10H17N3O2/c1-3-8(4-2)13-6-7(5-11)9(14)12-10(13)15/h6,8H,3-5,11H2,1-2H3,(H,12,14,15). The van der Waals surface area contributed by atoms with Gasteiger partial charge in [0, 0.05) is 24.3 Å². The minimum Gasteiger partial charge on any atom is -0.326 e. The van der Waals surface area contributed by atoms with Gasteiger partial charge in [-0.2, -0.15) is 0 Å². The average molecular weight is 211 g/mol. The zero-order chi connectivity index (χ0) is 11.4. The van der Waals surface area contributed by atoms with Gasteiger partial charge in [-0.3, -0.25) is 14.3 Å². The van der Waals surface area contributed by atoms with Crippen molar-refractivity contribution in [2.24, 2.45) is 5.73 Å². The van der Waals surface area contributed by atoms with Crippen LogP contribution in [0.3, 0.4) is 0 Å². The maximum atomic E-state index is 11.5. The molecule has 0 saturated heterocycles. The van der Waals surface area contributed by atoms with Crippen molar-refractivity contribution >= 4 is 0 Å². The first-order valence-corrected chi connectivity index (χ1v) is 5.18. The predicted octanol–water partition coefficient (Wildman–Crippen LogP) is 0.356. The lowest BCUT2D eigenvalue weighted by atomic mass is 10.1. The van der Waals surface area contributed by atoms with Gasteiger partial charge in [-0.1, -0.05) is 13.8 Å². The molecule has 0 fully saturated rings. The number of H-pyrrole nitrogens is 1. The van der Waals surface area contributed by atoms with Crippen molar-refractivity contribution in [3.63, 3.8) is 0 Å². The minimum absolute atomic E-state index is 0.125. The monoisotopic (exact) mass is 211 g/mol. The van der Waals surface area contributed by atoms with Gasteiger partial charge in [0.05, 0.1) is 0 Å². The second kappa shape index (κ2) is 4.93. The minimum atomic E-state index is -0.385.